The summed E-state index contributed by atoms with van der Waals surface area (Å²) >= 11 is 1.51. The summed E-state index contributed by atoms with van der Waals surface area (Å²) in [5.41, 5.74) is 1.98. The van der Waals surface area contributed by atoms with Gasteiger partial charge in [0.25, 0.3) is 0 Å². The molecular formula is C37H41F3N4O3S. The molecule has 0 N–H and O–H groups in total. The summed E-state index contributed by atoms with van der Waals surface area (Å²) in [7, 11) is 4.01. The maximum atomic E-state index is 13.5. The molecule has 7 nitrogen and oxygen atoms in total. The number of nitrogens with zero attached hydrogens (tertiary/aromatic N) is 4. The Morgan fingerprint density at radius 2 is 1.54 bits per heavy atom. The summed E-state index contributed by atoms with van der Waals surface area (Å²) in [5, 5.41) is 2.24. The van der Waals surface area contributed by atoms with Gasteiger partial charge in [-0.25, -0.2) is 4.79 Å². The summed E-state index contributed by atoms with van der Waals surface area (Å²) < 4.78 is 52.1. The molecule has 4 aromatic carbocycles. The highest BCUT2D eigenvalue weighted by atomic mass is 32.2. The van der Waals surface area contributed by atoms with Crippen molar-refractivity contribution in [2.45, 2.75) is 28.9 Å². The fraction of sp³-hybridized carbons (Fsp3) is 0.378. The molecule has 0 unspecified atom stereocenters. The lowest BCUT2D eigenvalue weighted by molar-refractivity contribution is -0.146. The summed E-state index contributed by atoms with van der Waals surface area (Å²) in [6.07, 6.45) is -3.57. The highest BCUT2D eigenvalue weighted by molar-refractivity contribution is 7.99. The molecule has 0 amide bonds. The van der Waals surface area contributed by atoms with Crippen LogP contribution in [-0.2, 0) is 22.3 Å². The highest BCUT2D eigenvalue weighted by Crippen LogP contribution is 2.49. The zero-order valence-corrected chi connectivity index (χ0v) is 28.2. The smallest absolute Gasteiger partial charge is 0.416 e. The lowest BCUT2D eigenvalue weighted by atomic mass is 10.0. The van der Waals surface area contributed by atoms with E-state index in [2.05, 4.69) is 26.8 Å². The molecule has 0 aliphatic carbocycles. The van der Waals surface area contributed by atoms with Crippen molar-refractivity contribution in [3.8, 4) is 5.75 Å². The van der Waals surface area contributed by atoms with Crippen molar-refractivity contribution in [2.75, 3.05) is 78.0 Å². The monoisotopic (exact) mass is 678 g/mol. The van der Waals surface area contributed by atoms with E-state index in [-0.39, 0.29) is 12.6 Å². The van der Waals surface area contributed by atoms with Crippen LogP contribution in [0.1, 0.15) is 17.5 Å². The van der Waals surface area contributed by atoms with Crippen molar-refractivity contribution in [2.24, 2.45) is 0 Å². The quantitative estimate of drug-likeness (QED) is 0.147. The second kappa shape index (κ2) is 15.2. The molecule has 6 rings (SSSR count). The number of hydrogen-bond acceptors (Lipinski definition) is 8. The molecule has 1 saturated heterocycles. The Kier molecular flexibility index (Phi) is 10.8. The summed E-state index contributed by atoms with van der Waals surface area (Å²) in [5.74, 6) is 0.299. The Morgan fingerprint density at radius 1 is 0.833 bits per heavy atom. The first kappa shape index (κ1) is 34.1. The SMILES string of the molecule is CN(C)Cc1c(OCC(=O)OCCN2CCN(CCCN3c4ccccc4Sc4ccc(C(F)(F)F)cc43)CC2)ccc2ccccc12. The number of ether oxygens (including phenoxy) is 2. The van der Waals surface area contributed by atoms with Crippen LogP contribution >= 0.6 is 11.8 Å². The van der Waals surface area contributed by atoms with Crippen molar-refractivity contribution in [1.29, 1.82) is 0 Å². The number of alkyl halides is 3. The standard InChI is InChI=1S/C37H41F3N4O3S/c1-41(2)25-30-29-9-4-3-8-27(29)12-14-33(30)47-26-36(45)46-23-22-43-20-18-42(19-21-43)16-7-17-44-31-10-5-6-11-34(31)48-35-15-13-28(24-32(35)44)37(38,39)40/h3-6,8-15,24H,7,16-23,25-26H2,1-2H3. The Morgan fingerprint density at radius 3 is 2.31 bits per heavy atom. The maximum Gasteiger partial charge on any atom is 0.416 e. The van der Waals surface area contributed by atoms with Gasteiger partial charge in [0, 0.05) is 61.2 Å². The van der Waals surface area contributed by atoms with Gasteiger partial charge in [-0.3, -0.25) is 4.90 Å². The number of benzene rings is 4. The molecule has 2 aliphatic rings. The van der Waals surface area contributed by atoms with Gasteiger partial charge >= 0.3 is 12.1 Å². The van der Waals surface area contributed by atoms with Gasteiger partial charge in [0.2, 0.25) is 0 Å². The van der Waals surface area contributed by atoms with Gasteiger partial charge in [-0.05, 0) is 74.2 Å². The number of carbonyl (C=O) groups excluding carboxylic acids is 1. The van der Waals surface area contributed by atoms with Crippen LogP contribution in [0.3, 0.4) is 0 Å². The minimum Gasteiger partial charge on any atom is -0.482 e. The topological polar surface area (TPSA) is 48.5 Å². The number of piperazine rings is 1. The number of anilines is 2. The van der Waals surface area contributed by atoms with Crippen LogP contribution in [0.2, 0.25) is 0 Å². The summed E-state index contributed by atoms with van der Waals surface area (Å²) in [6.45, 7) is 6.47. The predicted octanol–water partition coefficient (Wildman–Crippen LogP) is 7.15. The number of para-hydroxylation sites is 1. The highest BCUT2D eigenvalue weighted by Gasteiger charge is 2.33. The van der Waals surface area contributed by atoms with E-state index in [1.165, 1.54) is 23.9 Å². The molecule has 0 atom stereocenters. The summed E-state index contributed by atoms with van der Waals surface area (Å²) in [6, 6.07) is 24.0. The Labute approximate surface area is 284 Å². The van der Waals surface area contributed by atoms with E-state index >= 15 is 0 Å². The van der Waals surface area contributed by atoms with Crippen LogP contribution in [-0.4, -0.2) is 93.8 Å². The van der Waals surface area contributed by atoms with Crippen LogP contribution in [0.15, 0.2) is 88.7 Å². The van der Waals surface area contributed by atoms with Gasteiger partial charge in [0.15, 0.2) is 6.61 Å². The van der Waals surface area contributed by atoms with Crippen LogP contribution in [0.5, 0.6) is 5.75 Å². The van der Waals surface area contributed by atoms with Crippen molar-refractivity contribution in [1.82, 2.24) is 14.7 Å². The van der Waals surface area contributed by atoms with E-state index in [9.17, 15) is 18.0 Å². The average molecular weight is 679 g/mol. The second-order valence-electron chi connectivity index (χ2n) is 12.4. The number of rotatable bonds is 12. The van der Waals surface area contributed by atoms with Gasteiger partial charge in [0.1, 0.15) is 12.4 Å². The molecule has 0 radical (unpaired) electrons. The molecular weight excluding hydrogens is 637 g/mol. The number of hydrogen-bond donors (Lipinski definition) is 0. The van der Waals surface area contributed by atoms with E-state index in [1.54, 1.807) is 6.07 Å². The first-order valence-electron chi connectivity index (χ1n) is 16.3. The molecule has 48 heavy (non-hydrogen) atoms. The second-order valence-corrected chi connectivity index (χ2v) is 13.5. The molecule has 11 heteroatoms. The number of fused-ring (bicyclic) bond motifs is 3. The van der Waals surface area contributed by atoms with E-state index in [4.69, 9.17) is 9.47 Å². The fourth-order valence-electron chi connectivity index (χ4n) is 6.33. The van der Waals surface area contributed by atoms with Crippen molar-refractivity contribution >= 4 is 39.9 Å². The molecule has 2 aliphatic heterocycles. The third-order valence-electron chi connectivity index (χ3n) is 8.76. The van der Waals surface area contributed by atoms with Crippen LogP contribution in [0, 0.1) is 0 Å². The van der Waals surface area contributed by atoms with Gasteiger partial charge in [-0.15, -0.1) is 0 Å². The van der Waals surface area contributed by atoms with Crippen molar-refractivity contribution in [3.63, 3.8) is 0 Å². The minimum atomic E-state index is -4.39. The van der Waals surface area contributed by atoms with Gasteiger partial charge in [-0.2, -0.15) is 13.2 Å². The van der Waals surface area contributed by atoms with Gasteiger partial charge < -0.3 is 24.2 Å². The lowest BCUT2D eigenvalue weighted by Crippen LogP contribution is -2.47. The molecule has 0 aromatic heterocycles. The molecule has 0 spiro atoms. The van der Waals surface area contributed by atoms with Gasteiger partial charge in [-0.1, -0.05) is 54.2 Å². The molecule has 0 saturated carbocycles. The zero-order chi connectivity index (χ0) is 33.7. The van der Waals surface area contributed by atoms with Crippen LogP contribution < -0.4 is 9.64 Å². The molecule has 254 valence electrons. The normalized spacial score (nSPS) is 15.4. The molecule has 2 heterocycles. The van der Waals surface area contributed by atoms with E-state index in [0.717, 1.165) is 71.0 Å². The van der Waals surface area contributed by atoms with E-state index in [1.807, 2.05) is 67.5 Å². The summed E-state index contributed by atoms with van der Waals surface area (Å²) in [4.78, 5) is 23.2. The average Bonchev–Trinajstić information content (AvgIpc) is 3.07. The lowest BCUT2D eigenvalue weighted by Gasteiger charge is -2.36. The Bertz CT molecular complexity index is 1730. The molecule has 4 aromatic rings. The van der Waals surface area contributed by atoms with Crippen LogP contribution in [0.25, 0.3) is 10.8 Å². The van der Waals surface area contributed by atoms with Crippen molar-refractivity contribution < 1.29 is 27.4 Å². The van der Waals surface area contributed by atoms with Gasteiger partial charge in [0.05, 0.1) is 16.9 Å². The van der Waals surface area contributed by atoms with Crippen LogP contribution in [0.4, 0.5) is 24.5 Å². The predicted molar refractivity (Wildman–Crippen MR) is 184 cm³/mol. The number of esters is 1. The van der Waals surface area contributed by atoms with Crippen molar-refractivity contribution in [3.05, 3.63) is 90.0 Å². The Hall–Kier alpha value is -3.77. The third kappa shape index (κ3) is 8.26. The third-order valence-corrected chi connectivity index (χ3v) is 9.89. The maximum absolute atomic E-state index is 13.5. The first-order chi connectivity index (χ1) is 23.2. The largest absolute Gasteiger partial charge is 0.482 e. The Balaban J connectivity index is 0.939. The zero-order valence-electron chi connectivity index (χ0n) is 27.3. The minimum absolute atomic E-state index is 0.144. The number of carbonyl (C=O) groups is 1. The van der Waals surface area contributed by atoms with E-state index in [0.29, 0.717) is 37.7 Å². The number of halogens is 3. The fourth-order valence-corrected chi connectivity index (χ4v) is 7.41. The molecule has 0 bridgehead atoms. The molecule has 1 fully saturated rings. The first-order valence-corrected chi connectivity index (χ1v) is 17.1. The van der Waals surface area contributed by atoms with E-state index < -0.39 is 11.7 Å².